The number of hydrogen-bond donors (Lipinski definition) is 4. The summed E-state index contributed by atoms with van der Waals surface area (Å²) in [6.45, 7) is 4.27. The van der Waals surface area contributed by atoms with Crippen LogP contribution < -0.4 is 15.4 Å². The number of carbonyl (C=O) groups excluding carboxylic acids is 2. The summed E-state index contributed by atoms with van der Waals surface area (Å²) in [5, 5.41) is 27.6. The number of methoxy groups -OCH3 is 1. The van der Waals surface area contributed by atoms with Crippen molar-refractivity contribution in [3.8, 4) is 5.75 Å². The van der Waals surface area contributed by atoms with Crippen molar-refractivity contribution >= 4 is 69.5 Å². The summed E-state index contributed by atoms with van der Waals surface area (Å²) in [7, 11) is 1.39. The topological polar surface area (TPSA) is 124 Å². The number of rotatable bonds is 11. The standard InChI is InChI=1S/C25H27Cl3N4O5S/c1-13(33)9-32(10-14(2)34)11-15-12-38-23(21(15)28)25(36)31-22-18(6-17(27)7-19(22)37-3)24(35)30-20-5-4-16(26)8-29-20/h4-8,12-14,33-34H,9-11H2,1-3H3,(H,31,36)(H,29,30,35). The summed E-state index contributed by atoms with van der Waals surface area (Å²) >= 11 is 19.8. The SMILES string of the molecule is COc1cc(Cl)cc(C(=O)Nc2ccc(Cl)cn2)c1NC(=O)c1scc(CN(CC(C)O)CC(C)O)c1Cl. The molecule has 0 saturated carbocycles. The van der Waals surface area contributed by atoms with Crippen LogP contribution in [0.15, 0.2) is 35.8 Å². The molecule has 0 aliphatic rings. The first-order valence-electron chi connectivity index (χ1n) is 11.4. The molecule has 0 bridgehead atoms. The first-order chi connectivity index (χ1) is 18.0. The fourth-order valence-corrected chi connectivity index (χ4v) is 5.25. The number of aromatic nitrogens is 1. The number of anilines is 2. The predicted octanol–water partition coefficient (Wildman–Crippen LogP) is 5.18. The Hall–Kier alpha value is -2.44. The number of thiophene rings is 1. The first kappa shape index (κ1) is 30.1. The van der Waals surface area contributed by atoms with Gasteiger partial charge in [-0.2, -0.15) is 0 Å². The number of carbonyl (C=O) groups is 2. The average molecular weight is 602 g/mol. The maximum Gasteiger partial charge on any atom is 0.267 e. The Morgan fingerprint density at radius 2 is 1.74 bits per heavy atom. The van der Waals surface area contributed by atoms with Crippen LogP contribution in [0.2, 0.25) is 15.1 Å². The number of ether oxygens (including phenoxy) is 1. The first-order valence-corrected chi connectivity index (χ1v) is 13.5. The van der Waals surface area contributed by atoms with Crippen molar-refractivity contribution in [1.29, 1.82) is 0 Å². The van der Waals surface area contributed by atoms with Gasteiger partial charge in [-0.1, -0.05) is 34.8 Å². The van der Waals surface area contributed by atoms with Crippen LogP contribution in [-0.4, -0.2) is 64.3 Å². The molecule has 38 heavy (non-hydrogen) atoms. The number of benzene rings is 1. The van der Waals surface area contributed by atoms with Crippen LogP contribution >= 0.6 is 46.1 Å². The van der Waals surface area contributed by atoms with E-state index in [1.165, 1.54) is 31.5 Å². The molecule has 2 heterocycles. The lowest BCUT2D eigenvalue weighted by Crippen LogP contribution is -2.35. The number of aliphatic hydroxyl groups excluding tert-OH is 2. The minimum Gasteiger partial charge on any atom is -0.494 e. The summed E-state index contributed by atoms with van der Waals surface area (Å²) < 4.78 is 5.39. The van der Waals surface area contributed by atoms with Crippen LogP contribution in [0.1, 0.15) is 39.4 Å². The quantitative estimate of drug-likeness (QED) is 0.239. The van der Waals surface area contributed by atoms with Gasteiger partial charge in [0.2, 0.25) is 0 Å². The van der Waals surface area contributed by atoms with E-state index in [1.54, 1.807) is 25.3 Å². The van der Waals surface area contributed by atoms with Gasteiger partial charge in [0.05, 0.1) is 40.6 Å². The summed E-state index contributed by atoms with van der Waals surface area (Å²) in [5.74, 6) is -0.711. The van der Waals surface area contributed by atoms with Gasteiger partial charge < -0.3 is 25.6 Å². The van der Waals surface area contributed by atoms with Crippen molar-refractivity contribution in [3.05, 3.63) is 66.9 Å². The van der Waals surface area contributed by atoms with E-state index in [9.17, 15) is 19.8 Å². The molecule has 4 N–H and O–H groups in total. The number of halogens is 3. The predicted molar refractivity (Wildman–Crippen MR) is 151 cm³/mol. The van der Waals surface area contributed by atoms with Crippen molar-refractivity contribution in [2.75, 3.05) is 30.8 Å². The summed E-state index contributed by atoms with van der Waals surface area (Å²) in [4.78, 5) is 32.5. The van der Waals surface area contributed by atoms with Crippen molar-refractivity contribution in [2.24, 2.45) is 0 Å². The van der Waals surface area contributed by atoms with Crippen LogP contribution in [0.3, 0.4) is 0 Å². The molecule has 0 spiro atoms. The molecule has 3 rings (SSSR count). The second kappa shape index (κ2) is 13.6. The second-order valence-corrected chi connectivity index (χ2v) is 10.7. The molecule has 0 aliphatic carbocycles. The van der Waals surface area contributed by atoms with Crippen molar-refractivity contribution in [2.45, 2.75) is 32.6 Å². The molecule has 2 atom stereocenters. The molecule has 2 amide bonds. The highest BCUT2D eigenvalue weighted by Crippen LogP contribution is 2.35. The number of pyridine rings is 1. The smallest absolute Gasteiger partial charge is 0.267 e. The Labute approximate surface area is 239 Å². The molecule has 2 unspecified atom stereocenters. The van der Waals surface area contributed by atoms with Gasteiger partial charge in [-0.25, -0.2) is 4.98 Å². The number of aliphatic hydroxyl groups is 2. The van der Waals surface area contributed by atoms with Gasteiger partial charge in [-0.05, 0) is 43.0 Å². The van der Waals surface area contributed by atoms with E-state index in [-0.39, 0.29) is 37.7 Å². The molecule has 1 aromatic carbocycles. The maximum atomic E-state index is 13.3. The van der Waals surface area contributed by atoms with Crippen LogP contribution in [-0.2, 0) is 6.54 Å². The molecule has 0 fully saturated rings. The zero-order valence-electron chi connectivity index (χ0n) is 20.8. The van der Waals surface area contributed by atoms with Gasteiger partial charge in [-0.15, -0.1) is 11.3 Å². The van der Waals surface area contributed by atoms with E-state index in [2.05, 4.69) is 15.6 Å². The molecule has 0 saturated heterocycles. The molecule has 3 aromatic rings. The van der Waals surface area contributed by atoms with E-state index < -0.39 is 24.0 Å². The Morgan fingerprint density at radius 3 is 2.32 bits per heavy atom. The summed E-state index contributed by atoms with van der Waals surface area (Å²) in [6, 6.07) is 5.98. The number of nitrogens with one attached hydrogen (secondary N) is 2. The molecule has 9 nitrogen and oxygen atoms in total. The zero-order chi connectivity index (χ0) is 28.0. The van der Waals surface area contributed by atoms with Gasteiger partial charge in [0.15, 0.2) is 0 Å². The van der Waals surface area contributed by atoms with Crippen LogP contribution in [0.5, 0.6) is 5.75 Å². The summed E-state index contributed by atoms with van der Waals surface area (Å²) in [5.41, 5.74) is 0.814. The maximum absolute atomic E-state index is 13.3. The van der Waals surface area contributed by atoms with Crippen LogP contribution in [0, 0.1) is 0 Å². The third-order valence-corrected chi connectivity index (χ3v) is 7.20. The van der Waals surface area contributed by atoms with Gasteiger partial charge in [0, 0.05) is 36.9 Å². The largest absolute Gasteiger partial charge is 0.494 e. The molecule has 0 radical (unpaired) electrons. The number of hydrogen-bond acceptors (Lipinski definition) is 8. The Kier molecular flexibility index (Phi) is 10.8. The van der Waals surface area contributed by atoms with Crippen LogP contribution in [0.4, 0.5) is 11.5 Å². The van der Waals surface area contributed by atoms with Gasteiger partial charge in [0.1, 0.15) is 16.4 Å². The van der Waals surface area contributed by atoms with Crippen molar-refractivity contribution < 1.29 is 24.5 Å². The van der Waals surface area contributed by atoms with Gasteiger partial charge in [0.25, 0.3) is 11.8 Å². The Morgan fingerprint density at radius 1 is 1.05 bits per heavy atom. The number of nitrogens with zero attached hydrogens (tertiary/aromatic N) is 2. The lowest BCUT2D eigenvalue weighted by molar-refractivity contribution is 0.0794. The molecular formula is C25H27Cl3N4O5S. The van der Waals surface area contributed by atoms with Crippen molar-refractivity contribution in [1.82, 2.24) is 9.88 Å². The Balaban J connectivity index is 1.87. The molecule has 13 heteroatoms. The third kappa shape index (κ3) is 8.03. The van der Waals surface area contributed by atoms with Gasteiger partial charge >= 0.3 is 0 Å². The Bertz CT molecular complexity index is 1270. The van der Waals surface area contributed by atoms with E-state index >= 15 is 0 Å². The number of amides is 2. The average Bonchev–Trinajstić information content (AvgIpc) is 3.20. The third-order valence-electron chi connectivity index (χ3n) is 5.18. The van der Waals surface area contributed by atoms with Gasteiger partial charge in [-0.3, -0.25) is 14.5 Å². The van der Waals surface area contributed by atoms with E-state index in [0.717, 1.165) is 11.3 Å². The molecule has 204 valence electrons. The normalized spacial score (nSPS) is 12.8. The zero-order valence-corrected chi connectivity index (χ0v) is 23.9. The second-order valence-electron chi connectivity index (χ2n) is 8.60. The molecular weight excluding hydrogens is 575 g/mol. The van der Waals surface area contributed by atoms with E-state index in [1.807, 2.05) is 4.90 Å². The lowest BCUT2D eigenvalue weighted by Gasteiger charge is -2.24. The van der Waals surface area contributed by atoms with Crippen molar-refractivity contribution in [3.63, 3.8) is 0 Å². The monoisotopic (exact) mass is 600 g/mol. The fourth-order valence-electron chi connectivity index (χ4n) is 3.69. The molecule has 0 aliphatic heterocycles. The lowest BCUT2D eigenvalue weighted by atomic mass is 10.1. The highest BCUT2D eigenvalue weighted by atomic mass is 35.5. The molecule has 2 aromatic heterocycles. The highest BCUT2D eigenvalue weighted by molar-refractivity contribution is 7.13. The van der Waals surface area contributed by atoms with E-state index in [4.69, 9.17) is 39.5 Å². The van der Waals surface area contributed by atoms with E-state index in [0.29, 0.717) is 30.2 Å². The van der Waals surface area contributed by atoms with Crippen LogP contribution in [0.25, 0.3) is 0 Å². The highest BCUT2D eigenvalue weighted by Gasteiger charge is 2.24. The minimum atomic E-state index is -0.612. The minimum absolute atomic E-state index is 0.0485. The summed E-state index contributed by atoms with van der Waals surface area (Å²) in [6.07, 6.45) is 0.163. The fraction of sp³-hybridized carbons (Fsp3) is 0.320.